The number of allylic oxidation sites excluding steroid dienone is 13. The van der Waals surface area contributed by atoms with Gasteiger partial charge in [-0.3, -0.25) is 14.4 Å². The summed E-state index contributed by atoms with van der Waals surface area (Å²) in [6.07, 6.45) is 56.0. The maximum absolute atomic E-state index is 12.7. The molecule has 318 valence electrons. The van der Waals surface area contributed by atoms with Gasteiger partial charge in [0, 0.05) is 12.8 Å². The molecule has 0 bridgehead atoms. The minimum atomic E-state index is -0.823. The van der Waals surface area contributed by atoms with Crippen molar-refractivity contribution in [2.75, 3.05) is 13.2 Å². The molecular weight excluding hydrogens is 697 g/mol. The fraction of sp³-hybridized carbons (Fsp3) is 0.660. The lowest BCUT2D eigenvalue weighted by molar-refractivity contribution is -0.166. The topological polar surface area (TPSA) is 78.9 Å². The molecule has 0 aromatic rings. The molecule has 56 heavy (non-hydrogen) atoms. The first-order valence-corrected chi connectivity index (χ1v) is 22.6. The number of esters is 3. The van der Waals surface area contributed by atoms with Gasteiger partial charge in [-0.1, -0.05) is 170 Å². The van der Waals surface area contributed by atoms with Crippen LogP contribution < -0.4 is 0 Å². The number of carbonyl (C=O) groups excluding carboxylic acids is 3. The van der Waals surface area contributed by atoms with Crippen molar-refractivity contribution >= 4 is 17.9 Å². The second kappa shape index (κ2) is 44.3. The Morgan fingerprint density at radius 1 is 0.393 bits per heavy atom. The second-order valence-electron chi connectivity index (χ2n) is 14.6. The van der Waals surface area contributed by atoms with E-state index in [2.05, 4.69) is 93.7 Å². The Morgan fingerprint density at radius 3 is 1.27 bits per heavy atom. The summed E-state index contributed by atoms with van der Waals surface area (Å²) in [6, 6.07) is 0. The van der Waals surface area contributed by atoms with Crippen LogP contribution in [-0.2, 0) is 28.6 Å². The van der Waals surface area contributed by atoms with Crippen molar-refractivity contribution in [1.82, 2.24) is 0 Å². The minimum Gasteiger partial charge on any atom is -0.462 e. The second-order valence-corrected chi connectivity index (χ2v) is 14.6. The third-order valence-corrected chi connectivity index (χ3v) is 9.15. The molecule has 0 spiro atoms. The number of ether oxygens (including phenoxy) is 3. The third kappa shape index (κ3) is 41.7. The highest BCUT2D eigenvalue weighted by Gasteiger charge is 2.19. The van der Waals surface area contributed by atoms with Crippen molar-refractivity contribution in [3.05, 3.63) is 85.1 Å². The zero-order chi connectivity index (χ0) is 40.8. The van der Waals surface area contributed by atoms with E-state index in [-0.39, 0.29) is 38.0 Å². The lowest BCUT2D eigenvalue weighted by Crippen LogP contribution is -2.30. The maximum atomic E-state index is 12.7. The Hall–Kier alpha value is -3.41. The van der Waals surface area contributed by atoms with Crippen molar-refractivity contribution in [3.8, 4) is 0 Å². The number of carbonyl (C=O) groups is 3. The van der Waals surface area contributed by atoms with E-state index in [1.165, 1.54) is 64.2 Å². The summed E-state index contributed by atoms with van der Waals surface area (Å²) >= 11 is 0. The van der Waals surface area contributed by atoms with E-state index in [0.29, 0.717) is 6.42 Å². The van der Waals surface area contributed by atoms with Crippen LogP contribution in [-0.4, -0.2) is 37.2 Å². The Balaban J connectivity index is 4.47. The van der Waals surface area contributed by atoms with Gasteiger partial charge < -0.3 is 14.2 Å². The van der Waals surface area contributed by atoms with Gasteiger partial charge in [0.1, 0.15) is 13.2 Å². The van der Waals surface area contributed by atoms with Crippen LogP contribution in [0.1, 0.15) is 194 Å². The highest BCUT2D eigenvalue weighted by atomic mass is 16.6. The average Bonchev–Trinajstić information content (AvgIpc) is 3.19. The van der Waals surface area contributed by atoms with Crippen molar-refractivity contribution in [3.63, 3.8) is 0 Å². The molecule has 0 rings (SSSR count). The van der Waals surface area contributed by atoms with E-state index in [1.54, 1.807) is 6.08 Å². The van der Waals surface area contributed by atoms with Crippen LogP contribution in [0.2, 0.25) is 0 Å². The molecule has 0 aliphatic carbocycles. The van der Waals surface area contributed by atoms with Gasteiger partial charge in [0.05, 0.1) is 6.42 Å². The summed E-state index contributed by atoms with van der Waals surface area (Å²) in [6.45, 7) is 6.25. The molecule has 0 amide bonds. The van der Waals surface area contributed by atoms with Crippen molar-refractivity contribution in [2.45, 2.75) is 200 Å². The molecule has 0 saturated carbocycles. The highest BCUT2D eigenvalue weighted by molar-refractivity contribution is 5.72. The van der Waals surface area contributed by atoms with Crippen LogP contribution in [0, 0.1) is 0 Å². The van der Waals surface area contributed by atoms with Gasteiger partial charge in [-0.25, -0.2) is 0 Å². The summed E-state index contributed by atoms with van der Waals surface area (Å²) in [5.74, 6) is -1.08. The number of hydrogen-bond acceptors (Lipinski definition) is 6. The highest BCUT2D eigenvalue weighted by Crippen LogP contribution is 2.13. The van der Waals surface area contributed by atoms with E-state index >= 15 is 0 Å². The predicted molar refractivity (Wildman–Crippen MR) is 237 cm³/mol. The first-order valence-electron chi connectivity index (χ1n) is 22.6. The van der Waals surface area contributed by atoms with E-state index in [9.17, 15) is 14.4 Å². The molecular formula is C50H82O6. The molecule has 6 nitrogen and oxygen atoms in total. The molecule has 6 heteroatoms. The quantitative estimate of drug-likeness (QED) is 0.0268. The Morgan fingerprint density at radius 2 is 0.768 bits per heavy atom. The van der Waals surface area contributed by atoms with Gasteiger partial charge in [0.25, 0.3) is 0 Å². The third-order valence-electron chi connectivity index (χ3n) is 9.15. The van der Waals surface area contributed by atoms with E-state index in [1.807, 2.05) is 6.08 Å². The molecule has 0 aliphatic rings. The molecule has 1 atom stereocenters. The lowest BCUT2D eigenvalue weighted by atomic mass is 10.1. The Bertz CT molecular complexity index is 1120. The molecule has 0 aromatic heterocycles. The normalized spacial score (nSPS) is 12.8. The standard InChI is InChI=1S/C50H82O6/c1-4-7-10-13-16-19-21-23-25-27-28-31-34-37-40-43-49(52)55-46-47(45-54-48(51)42-39-36-33-30-18-15-12-9-6-3)56-50(53)44-41-38-35-32-29-26-24-22-20-17-14-11-8-5-2/h8-9,11-12,17-21,24,26,30,36,39,47H,4-7,10,13-16,22-23,25,27-29,31-35,37-38,40-46H2,1-3H3/b11-8-,12-9-,20-17-,21-19-,26-24-,30-18-,39-36-. The predicted octanol–water partition coefficient (Wildman–Crippen LogP) is 14.5. The van der Waals surface area contributed by atoms with Crippen LogP contribution in [0.3, 0.4) is 0 Å². The summed E-state index contributed by atoms with van der Waals surface area (Å²) in [7, 11) is 0. The van der Waals surface area contributed by atoms with Gasteiger partial charge in [-0.05, 0) is 89.9 Å². The Kier molecular flexibility index (Phi) is 41.6. The maximum Gasteiger partial charge on any atom is 0.309 e. The monoisotopic (exact) mass is 779 g/mol. The van der Waals surface area contributed by atoms with Crippen LogP contribution in [0.25, 0.3) is 0 Å². The number of rotatable bonds is 39. The fourth-order valence-corrected chi connectivity index (χ4v) is 5.80. The molecule has 0 fully saturated rings. The average molecular weight is 779 g/mol. The van der Waals surface area contributed by atoms with E-state index in [0.717, 1.165) is 89.9 Å². The van der Waals surface area contributed by atoms with E-state index < -0.39 is 12.1 Å². The number of unbranched alkanes of at least 4 members (excludes halogenated alkanes) is 15. The lowest BCUT2D eigenvalue weighted by Gasteiger charge is -2.18. The summed E-state index contributed by atoms with van der Waals surface area (Å²) in [5.41, 5.74) is 0. The largest absolute Gasteiger partial charge is 0.462 e. The van der Waals surface area contributed by atoms with Crippen molar-refractivity contribution < 1.29 is 28.6 Å². The smallest absolute Gasteiger partial charge is 0.309 e. The molecule has 0 N–H and O–H groups in total. The molecule has 0 radical (unpaired) electrons. The Labute approximate surface area is 344 Å². The minimum absolute atomic E-state index is 0.116. The zero-order valence-electron chi connectivity index (χ0n) is 36.1. The van der Waals surface area contributed by atoms with Crippen LogP contribution in [0.15, 0.2) is 85.1 Å². The van der Waals surface area contributed by atoms with Gasteiger partial charge in [0.15, 0.2) is 6.10 Å². The summed E-state index contributed by atoms with van der Waals surface area (Å²) in [4.78, 5) is 37.6. The van der Waals surface area contributed by atoms with Crippen LogP contribution >= 0.6 is 0 Å². The van der Waals surface area contributed by atoms with Crippen molar-refractivity contribution in [1.29, 1.82) is 0 Å². The van der Waals surface area contributed by atoms with Gasteiger partial charge in [0.2, 0.25) is 0 Å². The van der Waals surface area contributed by atoms with E-state index in [4.69, 9.17) is 14.2 Å². The molecule has 0 aromatic carbocycles. The zero-order valence-corrected chi connectivity index (χ0v) is 36.1. The molecule has 0 saturated heterocycles. The SMILES string of the molecule is CC/C=C\C/C=C\C/C=C\CCCCCCC(=O)OC(COC(=O)C/C=C\C/C=C\C/C=C\CC)COC(=O)CCCCCCCCC/C=C\CCCCCC. The van der Waals surface area contributed by atoms with Gasteiger partial charge in [-0.15, -0.1) is 0 Å². The van der Waals surface area contributed by atoms with Crippen LogP contribution in [0.4, 0.5) is 0 Å². The summed E-state index contributed by atoms with van der Waals surface area (Å²) in [5, 5.41) is 0. The molecule has 0 aliphatic heterocycles. The van der Waals surface area contributed by atoms with Gasteiger partial charge in [-0.2, -0.15) is 0 Å². The number of hydrogen-bond donors (Lipinski definition) is 0. The summed E-state index contributed by atoms with van der Waals surface area (Å²) < 4.78 is 16.6. The molecule has 1 unspecified atom stereocenters. The van der Waals surface area contributed by atoms with Crippen LogP contribution in [0.5, 0.6) is 0 Å². The first-order chi connectivity index (χ1) is 27.5. The molecule has 0 heterocycles. The first kappa shape index (κ1) is 52.6. The van der Waals surface area contributed by atoms with Gasteiger partial charge >= 0.3 is 17.9 Å². The van der Waals surface area contributed by atoms with Crippen molar-refractivity contribution in [2.24, 2.45) is 0 Å². The fourth-order valence-electron chi connectivity index (χ4n) is 5.80.